The zero-order valence-electron chi connectivity index (χ0n) is 13.6. The average molecular weight is 357 g/mol. The number of hydrogen-bond acceptors (Lipinski definition) is 4. The topological polar surface area (TPSA) is 58.4 Å². The lowest BCUT2D eigenvalue weighted by Crippen LogP contribution is -2.44. The molecule has 0 aromatic carbocycles. The number of halogens is 1. The number of hydrogen-bond donors (Lipinski definition) is 0. The van der Waals surface area contributed by atoms with Gasteiger partial charge in [0.15, 0.2) is 0 Å². The molecule has 2 heterocycles. The molecule has 1 fully saturated rings. The van der Waals surface area contributed by atoms with Crippen molar-refractivity contribution in [2.45, 2.75) is 19.8 Å². The maximum atomic E-state index is 12.4. The van der Waals surface area contributed by atoms with E-state index in [1.165, 1.54) is 11.1 Å². The maximum Gasteiger partial charge on any atom is 0.265 e. The van der Waals surface area contributed by atoms with Crippen molar-refractivity contribution in [3.05, 3.63) is 22.5 Å². The van der Waals surface area contributed by atoms with Crippen molar-refractivity contribution in [3.63, 3.8) is 0 Å². The van der Waals surface area contributed by atoms with Gasteiger partial charge in [0.2, 0.25) is 5.91 Å². The Morgan fingerprint density at radius 2 is 2.04 bits per heavy atom. The normalized spacial score (nSPS) is 15.0. The van der Waals surface area contributed by atoms with Crippen LogP contribution in [0.1, 0.15) is 24.1 Å². The average Bonchev–Trinajstić information content (AvgIpc) is 3.09. The van der Waals surface area contributed by atoms with Crippen molar-refractivity contribution in [2.24, 2.45) is 7.05 Å². The number of nitrogens with zero attached hydrogens (tertiary/aromatic N) is 4. The Balaban J connectivity index is 2.07. The molecule has 0 atom stereocenters. The largest absolute Gasteiger partial charge is 0.273 e. The van der Waals surface area contributed by atoms with Crippen molar-refractivity contribution in [2.75, 3.05) is 25.1 Å². The zero-order chi connectivity index (χ0) is 17.0. The minimum Gasteiger partial charge on any atom is -0.273 e. The van der Waals surface area contributed by atoms with Gasteiger partial charge in [-0.3, -0.25) is 19.3 Å². The highest BCUT2D eigenvalue weighted by Crippen LogP contribution is 2.21. The van der Waals surface area contributed by atoms with Gasteiger partial charge < -0.3 is 0 Å². The molecule has 0 saturated carbocycles. The lowest BCUT2D eigenvalue weighted by Gasteiger charge is -2.26. The van der Waals surface area contributed by atoms with Gasteiger partial charge in [0, 0.05) is 44.0 Å². The predicted octanol–water partition coefficient (Wildman–Crippen LogP) is 2.12. The van der Waals surface area contributed by atoms with Crippen molar-refractivity contribution < 1.29 is 9.59 Å². The highest BCUT2D eigenvalue weighted by atomic mass is 35.5. The SMILES string of the molecule is CSCCC(=O)N1CCCN1C(=O)/C=C/c1c(C)nn(C)c1Cl. The molecule has 1 aliphatic heterocycles. The number of aryl methyl sites for hydroxylation is 2. The van der Waals surface area contributed by atoms with Crippen LogP contribution in [-0.4, -0.2) is 56.7 Å². The molecule has 1 aromatic rings. The van der Waals surface area contributed by atoms with E-state index in [0.717, 1.165) is 23.4 Å². The van der Waals surface area contributed by atoms with Crippen LogP contribution in [0.3, 0.4) is 0 Å². The van der Waals surface area contributed by atoms with Gasteiger partial charge in [-0.2, -0.15) is 16.9 Å². The summed E-state index contributed by atoms with van der Waals surface area (Å²) in [7, 11) is 1.75. The fourth-order valence-electron chi connectivity index (χ4n) is 2.49. The molecule has 23 heavy (non-hydrogen) atoms. The van der Waals surface area contributed by atoms with Crippen molar-refractivity contribution >= 4 is 41.3 Å². The van der Waals surface area contributed by atoms with Gasteiger partial charge >= 0.3 is 0 Å². The molecule has 6 nitrogen and oxygen atoms in total. The molecule has 0 spiro atoms. The monoisotopic (exact) mass is 356 g/mol. The number of rotatable bonds is 5. The van der Waals surface area contributed by atoms with E-state index in [1.807, 2.05) is 13.2 Å². The standard InChI is InChI=1S/C15H21ClN4O2S/c1-11-12(15(16)18(2)17-11)5-6-13(21)19-8-4-9-20(19)14(22)7-10-23-3/h5-6H,4,7-10H2,1-3H3/b6-5+. The molecule has 0 unspecified atom stereocenters. The predicted molar refractivity (Wildman–Crippen MR) is 93.0 cm³/mol. The highest BCUT2D eigenvalue weighted by molar-refractivity contribution is 7.98. The smallest absolute Gasteiger partial charge is 0.265 e. The Bertz CT molecular complexity index is 629. The lowest BCUT2D eigenvalue weighted by molar-refractivity contribution is -0.154. The number of aromatic nitrogens is 2. The minimum absolute atomic E-state index is 0.00538. The molecule has 1 aliphatic rings. The number of amides is 2. The van der Waals surface area contributed by atoms with E-state index >= 15 is 0 Å². The number of carbonyl (C=O) groups excluding carboxylic acids is 2. The van der Waals surface area contributed by atoms with Crippen LogP contribution in [0.25, 0.3) is 6.08 Å². The highest BCUT2D eigenvalue weighted by Gasteiger charge is 2.29. The second-order valence-corrected chi connectivity index (χ2v) is 6.67. The van der Waals surface area contributed by atoms with Gasteiger partial charge in [0.1, 0.15) is 5.15 Å². The molecule has 0 N–H and O–H groups in total. The van der Waals surface area contributed by atoms with E-state index in [9.17, 15) is 9.59 Å². The first kappa shape index (κ1) is 17.9. The molecule has 0 bridgehead atoms. The van der Waals surface area contributed by atoms with Crippen LogP contribution in [-0.2, 0) is 16.6 Å². The first-order valence-corrected chi connectivity index (χ1v) is 9.20. The Morgan fingerprint density at radius 3 is 2.65 bits per heavy atom. The summed E-state index contributed by atoms with van der Waals surface area (Å²) in [5, 5.41) is 7.76. The Kier molecular flexibility index (Phi) is 6.12. The second kappa shape index (κ2) is 7.88. The zero-order valence-corrected chi connectivity index (χ0v) is 15.2. The fraction of sp³-hybridized carbons (Fsp3) is 0.533. The van der Waals surface area contributed by atoms with Crippen LogP contribution in [0.15, 0.2) is 6.08 Å². The van der Waals surface area contributed by atoms with Crippen LogP contribution < -0.4 is 0 Å². The summed E-state index contributed by atoms with van der Waals surface area (Å²) in [6, 6.07) is 0. The van der Waals surface area contributed by atoms with Crippen LogP contribution >= 0.6 is 23.4 Å². The van der Waals surface area contributed by atoms with E-state index in [-0.39, 0.29) is 11.8 Å². The number of carbonyl (C=O) groups is 2. The summed E-state index contributed by atoms with van der Waals surface area (Å²) in [5.41, 5.74) is 1.48. The molecule has 0 radical (unpaired) electrons. The van der Waals surface area contributed by atoms with E-state index < -0.39 is 0 Å². The molecule has 8 heteroatoms. The summed E-state index contributed by atoms with van der Waals surface area (Å²) < 4.78 is 1.56. The summed E-state index contributed by atoms with van der Waals surface area (Å²) in [6.45, 7) is 3.00. The van der Waals surface area contributed by atoms with E-state index in [0.29, 0.717) is 24.7 Å². The second-order valence-electron chi connectivity index (χ2n) is 5.32. The summed E-state index contributed by atoms with van der Waals surface area (Å²) >= 11 is 7.77. The van der Waals surface area contributed by atoms with Crippen LogP contribution in [0, 0.1) is 6.92 Å². The molecular weight excluding hydrogens is 336 g/mol. The van der Waals surface area contributed by atoms with Crippen LogP contribution in [0.4, 0.5) is 0 Å². The van der Waals surface area contributed by atoms with Crippen LogP contribution in [0.5, 0.6) is 0 Å². The molecule has 1 aromatic heterocycles. The summed E-state index contributed by atoms with van der Waals surface area (Å²) in [6.07, 6.45) is 6.33. The first-order chi connectivity index (χ1) is 11.0. The molecule has 0 aliphatic carbocycles. The van der Waals surface area contributed by atoms with Crippen molar-refractivity contribution in [1.82, 2.24) is 19.8 Å². The Morgan fingerprint density at radius 1 is 1.35 bits per heavy atom. The first-order valence-electron chi connectivity index (χ1n) is 7.43. The number of thioether (sulfide) groups is 1. The van der Waals surface area contributed by atoms with E-state index in [2.05, 4.69) is 5.10 Å². The van der Waals surface area contributed by atoms with Crippen molar-refractivity contribution in [3.8, 4) is 0 Å². The number of hydrazine groups is 1. The van der Waals surface area contributed by atoms with Gasteiger partial charge in [-0.25, -0.2) is 5.01 Å². The minimum atomic E-state index is -0.209. The third kappa shape index (κ3) is 4.09. The van der Waals surface area contributed by atoms with Crippen molar-refractivity contribution in [1.29, 1.82) is 0 Å². The van der Waals surface area contributed by atoms with E-state index in [4.69, 9.17) is 11.6 Å². The Hall–Kier alpha value is -1.47. The maximum absolute atomic E-state index is 12.4. The Labute approximate surface area is 145 Å². The van der Waals surface area contributed by atoms with Gasteiger partial charge in [0.25, 0.3) is 5.91 Å². The summed E-state index contributed by atoms with van der Waals surface area (Å²) in [5.74, 6) is 0.547. The van der Waals surface area contributed by atoms with Gasteiger partial charge in [0.05, 0.1) is 5.69 Å². The molecule has 1 saturated heterocycles. The van der Waals surface area contributed by atoms with Gasteiger partial charge in [-0.15, -0.1) is 0 Å². The third-order valence-corrected chi connectivity index (χ3v) is 4.74. The van der Waals surface area contributed by atoms with E-state index in [1.54, 1.807) is 34.6 Å². The van der Waals surface area contributed by atoms with Gasteiger partial charge in [-0.05, 0) is 25.7 Å². The van der Waals surface area contributed by atoms with Crippen LogP contribution in [0.2, 0.25) is 5.15 Å². The van der Waals surface area contributed by atoms with Gasteiger partial charge in [-0.1, -0.05) is 11.6 Å². The molecular formula is C15H21ClN4O2S. The molecule has 2 amide bonds. The fourth-order valence-corrected chi connectivity index (χ4v) is 3.11. The molecule has 126 valence electrons. The summed E-state index contributed by atoms with van der Waals surface area (Å²) in [4.78, 5) is 24.6. The quantitative estimate of drug-likeness (QED) is 0.758. The lowest BCUT2D eigenvalue weighted by atomic mass is 10.2. The molecule has 2 rings (SSSR count). The third-order valence-electron chi connectivity index (χ3n) is 3.68.